The Labute approximate surface area is 269 Å². The van der Waals surface area contributed by atoms with Gasteiger partial charge in [-0.2, -0.15) is 0 Å². The van der Waals surface area contributed by atoms with Crippen LogP contribution in [0.25, 0.3) is 0 Å². The largest absolute Gasteiger partial charge is 0.405 e. The lowest BCUT2D eigenvalue weighted by molar-refractivity contribution is -0.188. The van der Waals surface area contributed by atoms with E-state index in [2.05, 4.69) is 69.3 Å². The molecule has 0 amide bonds. The molecule has 45 heavy (non-hydrogen) atoms. The number of hydrogen-bond donors (Lipinski definition) is 1. The Morgan fingerprint density at radius 3 is 1.56 bits per heavy atom. The van der Waals surface area contributed by atoms with Crippen LogP contribution < -0.4 is 10.4 Å². The summed E-state index contributed by atoms with van der Waals surface area (Å²) in [4.78, 5) is 0. The molecule has 1 fully saturated rings. The Morgan fingerprint density at radius 1 is 0.667 bits per heavy atom. The fraction of sp³-hybridized carbons (Fsp3) is 0.368. The zero-order valence-corrected chi connectivity index (χ0v) is 27.8. The number of aliphatic hydroxyl groups is 1. The van der Waals surface area contributed by atoms with Gasteiger partial charge in [0.15, 0.2) is 6.29 Å². The van der Waals surface area contributed by atoms with Crippen molar-refractivity contribution in [3.63, 3.8) is 0 Å². The van der Waals surface area contributed by atoms with Crippen LogP contribution in [0.5, 0.6) is 0 Å². The number of aliphatic hydroxyl groups excluding tert-OH is 1. The molecule has 238 valence electrons. The Bertz CT molecular complexity index is 1380. The molecular formula is C38H46O6Si. The molecule has 0 unspecified atom stereocenters. The van der Waals surface area contributed by atoms with Crippen LogP contribution in [0.1, 0.15) is 38.8 Å². The molecular weight excluding hydrogens is 580 g/mol. The predicted octanol–water partition coefficient (Wildman–Crippen LogP) is 5.86. The molecule has 7 heteroatoms. The van der Waals surface area contributed by atoms with E-state index in [4.69, 9.17) is 23.4 Å². The van der Waals surface area contributed by atoms with E-state index < -0.39 is 39.0 Å². The lowest BCUT2D eigenvalue weighted by Gasteiger charge is -2.43. The summed E-state index contributed by atoms with van der Waals surface area (Å²) in [7, 11) is -2.88. The van der Waals surface area contributed by atoms with Gasteiger partial charge in [0, 0.05) is 6.61 Å². The van der Waals surface area contributed by atoms with Crippen LogP contribution in [0.3, 0.4) is 0 Å². The van der Waals surface area contributed by atoms with Gasteiger partial charge in [0.2, 0.25) is 0 Å². The fourth-order valence-corrected chi connectivity index (χ4v) is 10.8. The first-order valence-corrected chi connectivity index (χ1v) is 17.8. The summed E-state index contributed by atoms with van der Waals surface area (Å²) >= 11 is 0. The third-order valence-corrected chi connectivity index (χ3v) is 13.4. The summed E-state index contributed by atoms with van der Waals surface area (Å²) in [6.45, 7) is 9.80. The highest BCUT2D eigenvalue weighted by Crippen LogP contribution is 2.38. The van der Waals surface area contributed by atoms with E-state index in [1.807, 2.05) is 79.7 Å². The Morgan fingerprint density at radius 2 is 1.11 bits per heavy atom. The maximum atomic E-state index is 11.9. The van der Waals surface area contributed by atoms with Crippen LogP contribution in [0.4, 0.5) is 0 Å². The molecule has 6 nitrogen and oxygen atoms in total. The number of benzene rings is 4. The average Bonchev–Trinajstić information content (AvgIpc) is 3.41. The Kier molecular flexibility index (Phi) is 11.4. The average molecular weight is 627 g/mol. The molecule has 0 bridgehead atoms. The maximum absolute atomic E-state index is 11.9. The molecule has 0 aliphatic carbocycles. The highest BCUT2D eigenvalue weighted by atomic mass is 28.4. The second-order valence-electron chi connectivity index (χ2n) is 12.5. The van der Waals surface area contributed by atoms with Crippen molar-refractivity contribution in [3.05, 3.63) is 132 Å². The van der Waals surface area contributed by atoms with Crippen LogP contribution >= 0.6 is 0 Å². The monoisotopic (exact) mass is 626 g/mol. The van der Waals surface area contributed by atoms with Gasteiger partial charge in [-0.05, 0) is 33.5 Å². The van der Waals surface area contributed by atoms with Gasteiger partial charge in [-0.1, -0.05) is 142 Å². The molecule has 5 rings (SSSR count). The van der Waals surface area contributed by atoms with Crippen LogP contribution in [0.2, 0.25) is 5.04 Å². The second kappa shape index (κ2) is 15.4. The highest BCUT2D eigenvalue weighted by Gasteiger charge is 2.53. The van der Waals surface area contributed by atoms with Crippen molar-refractivity contribution < 1.29 is 28.5 Å². The van der Waals surface area contributed by atoms with Crippen molar-refractivity contribution >= 4 is 18.7 Å². The molecule has 4 aromatic carbocycles. The summed E-state index contributed by atoms with van der Waals surface area (Å²) in [5.74, 6) is 0. The Balaban J connectivity index is 1.43. The predicted molar refractivity (Wildman–Crippen MR) is 180 cm³/mol. The minimum Gasteiger partial charge on any atom is -0.405 e. The fourth-order valence-electron chi connectivity index (χ4n) is 6.22. The number of rotatable bonds is 14. The summed E-state index contributed by atoms with van der Waals surface area (Å²) in [5.41, 5.74) is 2.06. The first-order valence-electron chi connectivity index (χ1n) is 15.8. The van der Waals surface area contributed by atoms with E-state index in [1.54, 1.807) is 0 Å². The molecule has 1 saturated heterocycles. The van der Waals surface area contributed by atoms with Gasteiger partial charge in [0.05, 0.1) is 19.8 Å². The van der Waals surface area contributed by atoms with Gasteiger partial charge < -0.3 is 28.5 Å². The normalized spacial score (nSPS) is 21.1. The van der Waals surface area contributed by atoms with Gasteiger partial charge in [0.25, 0.3) is 8.32 Å². The zero-order valence-electron chi connectivity index (χ0n) is 26.8. The number of hydrogen-bond acceptors (Lipinski definition) is 6. The van der Waals surface area contributed by atoms with Crippen molar-refractivity contribution in [2.75, 3.05) is 13.2 Å². The zero-order chi connectivity index (χ0) is 31.7. The van der Waals surface area contributed by atoms with Crippen molar-refractivity contribution in [3.8, 4) is 0 Å². The summed E-state index contributed by atoms with van der Waals surface area (Å²) in [6, 6.07) is 40.9. The Hall–Kier alpha value is -3.14. The SMILES string of the molecule is CCO[C@@H]1O[C@@H]([C@H](O)CO[Si](c2ccccc2)(c2ccccc2)C(C)(C)C)[C@H](OCc2ccccc2)[C@H]1OCc1ccccc1. The molecule has 0 aromatic heterocycles. The van der Waals surface area contributed by atoms with Gasteiger partial charge in [-0.3, -0.25) is 0 Å². The minimum atomic E-state index is -2.88. The second-order valence-corrected chi connectivity index (χ2v) is 16.8. The third-order valence-electron chi connectivity index (χ3n) is 8.38. The van der Waals surface area contributed by atoms with Crippen LogP contribution in [-0.4, -0.2) is 57.3 Å². The quantitative estimate of drug-likeness (QED) is 0.177. The molecule has 0 saturated carbocycles. The minimum absolute atomic E-state index is 0.0629. The molecule has 0 radical (unpaired) electrons. The smallest absolute Gasteiger partial charge is 0.261 e. The van der Waals surface area contributed by atoms with E-state index in [0.717, 1.165) is 21.5 Å². The highest BCUT2D eigenvalue weighted by molar-refractivity contribution is 6.99. The van der Waals surface area contributed by atoms with Crippen molar-refractivity contribution in [1.82, 2.24) is 0 Å². The standard InChI is InChI=1S/C38H46O6Si/c1-5-40-37-36(42-27-30-20-12-7-13-21-30)35(41-26-29-18-10-6-11-19-29)34(44-37)33(39)28-43-45(38(2,3)4,31-22-14-8-15-23-31)32-24-16-9-17-25-32/h6-25,33-37,39H,5,26-28H2,1-4H3/t33-,34+,35+,36-,37-/m1/s1. The van der Waals surface area contributed by atoms with E-state index in [0.29, 0.717) is 19.8 Å². The van der Waals surface area contributed by atoms with E-state index in [9.17, 15) is 5.11 Å². The van der Waals surface area contributed by atoms with E-state index >= 15 is 0 Å². The summed E-state index contributed by atoms with van der Waals surface area (Å²) in [6.07, 6.45) is -3.58. The molecule has 5 atom stereocenters. The maximum Gasteiger partial charge on any atom is 0.261 e. The van der Waals surface area contributed by atoms with Crippen LogP contribution in [0.15, 0.2) is 121 Å². The molecule has 4 aromatic rings. The lowest BCUT2D eigenvalue weighted by atomic mass is 10.1. The van der Waals surface area contributed by atoms with Gasteiger partial charge in [0.1, 0.15) is 24.4 Å². The molecule has 1 N–H and O–H groups in total. The topological polar surface area (TPSA) is 66.4 Å². The first-order chi connectivity index (χ1) is 21.8. The third kappa shape index (κ3) is 7.81. The number of ether oxygens (including phenoxy) is 4. The van der Waals surface area contributed by atoms with E-state index in [1.165, 1.54) is 0 Å². The molecule has 0 spiro atoms. The first kappa shape index (κ1) is 33.2. The summed E-state index contributed by atoms with van der Waals surface area (Å²) < 4.78 is 32.5. The molecule has 1 heterocycles. The summed E-state index contributed by atoms with van der Waals surface area (Å²) in [5, 5.41) is 14.0. The van der Waals surface area contributed by atoms with Gasteiger partial charge in [-0.15, -0.1) is 0 Å². The van der Waals surface area contributed by atoms with Gasteiger partial charge in [-0.25, -0.2) is 0 Å². The van der Waals surface area contributed by atoms with Crippen molar-refractivity contribution in [1.29, 1.82) is 0 Å². The van der Waals surface area contributed by atoms with Crippen LogP contribution in [0, 0.1) is 0 Å². The van der Waals surface area contributed by atoms with E-state index in [-0.39, 0.29) is 11.6 Å². The van der Waals surface area contributed by atoms with Crippen molar-refractivity contribution in [2.24, 2.45) is 0 Å². The van der Waals surface area contributed by atoms with Gasteiger partial charge >= 0.3 is 0 Å². The van der Waals surface area contributed by atoms with Crippen molar-refractivity contribution in [2.45, 2.75) is 76.7 Å². The molecule has 1 aliphatic heterocycles. The lowest BCUT2D eigenvalue weighted by Crippen LogP contribution is -2.67. The van der Waals surface area contributed by atoms with Crippen LogP contribution in [-0.2, 0) is 36.6 Å². The molecule has 1 aliphatic rings.